The van der Waals surface area contributed by atoms with Crippen molar-refractivity contribution in [2.24, 2.45) is 0 Å². The average Bonchev–Trinajstić information content (AvgIpc) is 2.15. The van der Waals surface area contributed by atoms with E-state index in [0.29, 0.717) is 16.1 Å². The van der Waals surface area contributed by atoms with Gasteiger partial charge in [-0.3, -0.25) is 0 Å². The zero-order chi connectivity index (χ0) is 11.7. The fraction of sp³-hybridized carbons (Fsp3) is 0.333. The highest BCUT2D eigenvalue weighted by Gasteiger charge is 2.21. The number of halogens is 2. The molecular weight excluding hydrogens is 243 g/mol. The molecule has 1 heterocycles. The standard InChI is InChI=1S/C12H14Cl2N2/c1-8-6-16(7-9(2)15-8)12-10(13)4-3-5-11(12)14/h3-5,9,15H,1,6-7H2,2H3/t9-/m1/s1. The van der Waals surface area contributed by atoms with Crippen LogP contribution in [-0.4, -0.2) is 19.1 Å². The summed E-state index contributed by atoms with van der Waals surface area (Å²) in [5, 5.41) is 4.67. The molecule has 2 nitrogen and oxygen atoms in total. The molecule has 1 aliphatic heterocycles. The average molecular weight is 257 g/mol. The number of rotatable bonds is 1. The van der Waals surface area contributed by atoms with E-state index in [0.717, 1.165) is 24.5 Å². The Labute approximate surface area is 106 Å². The topological polar surface area (TPSA) is 15.3 Å². The monoisotopic (exact) mass is 256 g/mol. The summed E-state index contributed by atoms with van der Waals surface area (Å²) in [6, 6.07) is 5.93. The van der Waals surface area contributed by atoms with Crippen LogP contribution in [0, 0.1) is 0 Å². The third-order valence-electron chi connectivity index (χ3n) is 2.58. The minimum atomic E-state index is 0.355. The number of para-hydroxylation sites is 1. The Morgan fingerprint density at radius 3 is 2.56 bits per heavy atom. The van der Waals surface area contributed by atoms with Gasteiger partial charge in [-0.05, 0) is 19.1 Å². The summed E-state index contributed by atoms with van der Waals surface area (Å²) in [6.45, 7) is 7.70. The van der Waals surface area contributed by atoms with E-state index in [1.807, 2.05) is 18.2 Å². The maximum absolute atomic E-state index is 6.18. The Balaban J connectivity index is 2.33. The Hall–Kier alpha value is -0.860. The van der Waals surface area contributed by atoms with Crippen LogP contribution >= 0.6 is 23.2 Å². The van der Waals surface area contributed by atoms with Crippen LogP contribution in [0.2, 0.25) is 10.0 Å². The van der Waals surface area contributed by atoms with Crippen molar-refractivity contribution >= 4 is 28.9 Å². The fourth-order valence-electron chi connectivity index (χ4n) is 2.03. The van der Waals surface area contributed by atoms with Gasteiger partial charge < -0.3 is 10.2 Å². The molecule has 1 fully saturated rings. The van der Waals surface area contributed by atoms with Crippen LogP contribution in [0.4, 0.5) is 5.69 Å². The van der Waals surface area contributed by atoms with Gasteiger partial charge in [-0.25, -0.2) is 0 Å². The van der Waals surface area contributed by atoms with Gasteiger partial charge in [0.1, 0.15) is 0 Å². The number of hydrogen-bond acceptors (Lipinski definition) is 2. The van der Waals surface area contributed by atoms with E-state index >= 15 is 0 Å². The molecule has 0 radical (unpaired) electrons. The molecule has 1 N–H and O–H groups in total. The van der Waals surface area contributed by atoms with Crippen molar-refractivity contribution in [2.75, 3.05) is 18.0 Å². The van der Waals surface area contributed by atoms with Gasteiger partial charge in [-0.15, -0.1) is 0 Å². The summed E-state index contributed by atoms with van der Waals surface area (Å²) in [5.74, 6) is 0. The predicted molar refractivity (Wildman–Crippen MR) is 70.4 cm³/mol. The summed E-state index contributed by atoms with van der Waals surface area (Å²) in [7, 11) is 0. The van der Waals surface area contributed by atoms with E-state index in [-0.39, 0.29) is 0 Å². The number of hydrogen-bond donors (Lipinski definition) is 1. The summed E-state index contributed by atoms with van der Waals surface area (Å²) >= 11 is 12.4. The van der Waals surface area contributed by atoms with Crippen molar-refractivity contribution in [1.29, 1.82) is 0 Å². The summed E-state index contributed by atoms with van der Waals surface area (Å²) < 4.78 is 0. The van der Waals surface area contributed by atoms with E-state index in [2.05, 4.69) is 23.7 Å². The van der Waals surface area contributed by atoms with Crippen LogP contribution in [0.5, 0.6) is 0 Å². The lowest BCUT2D eigenvalue weighted by atomic mass is 10.2. The second-order valence-corrected chi connectivity index (χ2v) is 4.91. The van der Waals surface area contributed by atoms with Crippen molar-refractivity contribution in [3.05, 3.63) is 40.5 Å². The fourth-order valence-corrected chi connectivity index (χ4v) is 2.66. The molecule has 1 atom stereocenters. The van der Waals surface area contributed by atoms with Gasteiger partial charge in [0, 0.05) is 18.3 Å². The normalized spacial score (nSPS) is 20.8. The molecule has 0 amide bonds. The molecule has 0 saturated carbocycles. The van der Waals surface area contributed by atoms with Crippen molar-refractivity contribution in [3.63, 3.8) is 0 Å². The van der Waals surface area contributed by atoms with E-state index in [9.17, 15) is 0 Å². The number of nitrogens with zero attached hydrogens (tertiary/aromatic N) is 1. The highest BCUT2D eigenvalue weighted by Crippen LogP contribution is 2.34. The number of nitrogens with one attached hydrogen (secondary N) is 1. The summed E-state index contributed by atoms with van der Waals surface area (Å²) in [4.78, 5) is 2.16. The van der Waals surface area contributed by atoms with Crippen LogP contribution < -0.4 is 10.2 Å². The maximum atomic E-state index is 6.18. The van der Waals surface area contributed by atoms with E-state index in [4.69, 9.17) is 23.2 Å². The highest BCUT2D eigenvalue weighted by atomic mass is 35.5. The summed E-state index contributed by atoms with van der Waals surface area (Å²) in [6.07, 6.45) is 0. The number of piperazine rings is 1. The van der Waals surface area contributed by atoms with E-state index in [1.165, 1.54) is 0 Å². The van der Waals surface area contributed by atoms with Gasteiger partial charge in [0.2, 0.25) is 0 Å². The molecule has 0 bridgehead atoms. The molecule has 1 saturated heterocycles. The van der Waals surface area contributed by atoms with Gasteiger partial charge in [0.05, 0.1) is 22.3 Å². The quantitative estimate of drug-likeness (QED) is 0.830. The molecule has 1 aromatic carbocycles. The lowest BCUT2D eigenvalue weighted by Gasteiger charge is -2.36. The first-order valence-electron chi connectivity index (χ1n) is 5.21. The molecule has 86 valence electrons. The number of benzene rings is 1. The Morgan fingerprint density at radius 2 is 2.00 bits per heavy atom. The molecule has 4 heteroatoms. The van der Waals surface area contributed by atoms with Crippen LogP contribution in [0.25, 0.3) is 0 Å². The van der Waals surface area contributed by atoms with Crippen molar-refractivity contribution in [3.8, 4) is 0 Å². The van der Waals surface area contributed by atoms with Gasteiger partial charge in [-0.2, -0.15) is 0 Å². The van der Waals surface area contributed by atoms with Crippen LogP contribution in [0.3, 0.4) is 0 Å². The first-order chi connectivity index (χ1) is 7.58. The first-order valence-corrected chi connectivity index (χ1v) is 5.97. The van der Waals surface area contributed by atoms with Gasteiger partial charge >= 0.3 is 0 Å². The molecule has 1 aliphatic rings. The zero-order valence-electron chi connectivity index (χ0n) is 9.13. The van der Waals surface area contributed by atoms with Gasteiger partial charge in [-0.1, -0.05) is 35.8 Å². The van der Waals surface area contributed by atoms with Gasteiger partial charge in [0.15, 0.2) is 0 Å². The SMILES string of the molecule is C=C1CN(c2c(Cl)cccc2Cl)C[C@@H](C)N1. The predicted octanol–water partition coefficient (Wildman–Crippen LogP) is 3.31. The van der Waals surface area contributed by atoms with Crippen molar-refractivity contribution in [2.45, 2.75) is 13.0 Å². The second-order valence-electron chi connectivity index (χ2n) is 4.10. The summed E-state index contributed by atoms with van der Waals surface area (Å²) in [5.41, 5.74) is 1.90. The lowest BCUT2D eigenvalue weighted by Crippen LogP contribution is -2.47. The lowest BCUT2D eigenvalue weighted by molar-refractivity contribution is 0.541. The zero-order valence-corrected chi connectivity index (χ0v) is 10.6. The Kier molecular flexibility index (Phi) is 3.31. The minimum absolute atomic E-state index is 0.355. The molecule has 16 heavy (non-hydrogen) atoms. The van der Waals surface area contributed by atoms with Crippen LogP contribution in [0.15, 0.2) is 30.5 Å². The third-order valence-corrected chi connectivity index (χ3v) is 3.19. The second kappa shape index (κ2) is 4.56. The third kappa shape index (κ3) is 2.28. The molecular formula is C12H14Cl2N2. The Morgan fingerprint density at radius 1 is 1.38 bits per heavy atom. The first kappa shape index (κ1) is 11.6. The van der Waals surface area contributed by atoms with Crippen LogP contribution in [0.1, 0.15) is 6.92 Å². The van der Waals surface area contributed by atoms with E-state index < -0.39 is 0 Å². The number of anilines is 1. The van der Waals surface area contributed by atoms with Crippen LogP contribution in [-0.2, 0) is 0 Å². The molecule has 0 spiro atoms. The molecule has 2 rings (SSSR count). The maximum Gasteiger partial charge on any atom is 0.0749 e. The van der Waals surface area contributed by atoms with Crippen molar-refractivity contribution in [1.82, 2.24) is 5.32 Å². The minimum Gasteiger partial charge on any atom is -0.383 e. The van der Waals surface area contributed by atoms with Crippen molar-refractivity contribution < 1.29 is 0 Å². The molecule has 0 unspecified atom stereocenters. The molecule has 0 aliphatic carbocycles. The highest BCUT2D eigenvalue weighted by molar-refractivity contribution is 6.39. The largest absolute Gasteiger partial charge is 0.383 e. The van der Waals surface area contributed by atoms with Gasteiger partial charge in [0.25, 0.3) is 0 Å². The Bertz CT molecular complexity index is 397. The smallest absolute Gasteiger partial charge is 0.0749 e. The molecule has 1 aromatic rings. The van der Waals surface area contributed by atoms with E-state index in [1.54, 1.807) is 0 Å². The molecule has 0 aromatic heterocycles.